The Morgan fingerprint density at radius 2 is 1.77 bits per heavy atom. The van der Waals surface area contributed by atoms with Gasteiger partial charge in [0.05, 0.1) is 17.4 Å². The molecule has 40 heavy (non-hydrogen) atoms. The van der Waals surface area contributed by atoms with E-state index in [2.05, 4.69) is 25.6 Å². The third-order valence-electron chi connectivity index (χ3n) is 8.67. The summed E-state index contributed by atoms with van der Waals surface area (Å²) in [6.45, 7) is 2.19. The maximum atomic E-state index is 13.0. The molecule has 2 aromatic carbocycles. The van der Waals surface area contributed by atoms with Crippen LogP contribution in [0.25, 0.3) is 22.2 Å². The van der Waals surface area contributed by atoms with E-state index in [4.69, 9.17) is 0 Å². The number of carboxylic acid groups (broad SMARTS) is 1. The Balaban J connectivity index is 1.55. The Hall–Kier alpha value is -3.57. The Morgan fingerprint density at radius 1 is 1.00 bits per heavy atom. The lowest BCUT2D eigenvalue weighted by molar-refractivity contribution is 0.0979. The molecule has 10 nitrogen and oxygen atoms in total. The van der Waals surface area contributed by atoms with E-state index >= 15 is 0 Å². The van der Waals surface area contributed by atoms with Crippen LogP contribution in [0, 0.1) is 0 Å². The summed E-state index contributed by atoms with van der Waals surface area (Å²) in [5.74, 6) is -0.288. The average Bonchev–Trinajstić information content (AvgIpc) is 3.15. The van der Waals surface area contributed by atoms with Crippen molar-refractivity contribution in [3.63, 3.8) is 0 Å². The zero-order chi connectivity index (χ0) is 28.2. The number of aromatic nitrogens is 1. The molecule has 1 atom stereocenters. The molecule has 0 radical (unpaired) electrons. The number of para-hydroxylation sites is 1. The van der Waals surface area contributed by atoms with Gasteiger partial charge in [0.15, 0.2) is 0 Å². The molecule has 1 aliphatic carbocycles. The minimum atomic E-state index is -3.92. The zero-order valence-electron chi connectivity index (χ0n) is 22.8. The van der Waals surface area contributed by atoms with E-state index in [1.165, 1.54) is 38.9 Å². The molecule has 11 heteroatoms. The summed E-state index contributed by atoms with van der Waals surface area (Å²) in [6, 6.07) is 11.4. The van der Waals surface area contributed by atoms with Gasteiger partial charge in [0, 0.05) is 55.8 Å². The number of fused-ring (bicyclic) bond motifs is 4. The molecule has 3 aliphatic rings. The predicted molar refractivity (Wildman–Crippen MR) is 154 cm³/mol. The first-order chi connectivity index (χ1) is 19.2. The van der Waals surface area contributed by atoms with E-state index in [0.29, 0.717) is 24.4 Å². The van der Waals surface area contributed by atoms with Gasteiger partial charge in [0.1, 0.15) is 0 Å². The molecule has 0 bridgehead atoms. The number of benzene rings is 2. The van der Waals surface area contributed by atoms with Gasteiger partial charge in [-0.2, -0.15) is 12.7 Å². The number of hydrogen-bond donors (Lipinski definition) is 3. The van der Waals surface area contributed by atoms with Crippen LogP contribution in [-0.2, 0) is 16.8 Å². The first-order valence-corrected chi connectivity index (χ1v) is 15.4. The van der Waals surface area contributed by atoms with Crippen molar-refractivity contribution in [1.82, 2.24) is 18.9 Å². The average molecular weight is 566 g/mol. The molecule has 6 rings (SSSR count). The normalized spacial score (nSPS) is 19.2. The largest absolute Gasteiger partial charge is 0.465 e. The molecule has 1 saturated carbocycles. The highest BCUT2D eigenvalue weighted by atomic mass is 32.2. The molecule has 1 fully saturated rings. The molecule has 2 aliphatic heterocycles. The van der Waals surface area contributed by atoms with E-state index in [1.54, 1.807) is 6.07 Å². The molecule has 0 spiro atoms. The molecule has 2 amide bonds. The van der Waals surface area contributed by atoms with Gasteiger partial charge >= 0.3 is 16.3 Å². The van der Waals surface area contributed by atoms with Gasteiger partial charge in [-0.15, -0.1) is 0 Å². The van der Waals surface area contributed by atoms with Crippen molar-refractivity contribution >= 4 is 38.8 Å². The first-order valence-electron chi connectivity index (χ1n) is 13.9. The van der Waals surface area contributed by atoms with Crippen LogP contribution in [0.5, 0.6) is 0 Å². The van der Waals surface area contributed by atoms with Gasteiger partial charge in [-0.25, -0.2) is 9.52 Å². The SMILES string of the molecule is CN(C)S(=O)(=O)NC(=O)c1ccc2c(C3CCCCC3)c3n(c2c1)CCN1CC[C@@H](NC(=O)O)c2cccc-3c21. The molecule has 212 valence electrons. The molecule has 3 N–H and O–H groups in total. The van der Waals surface area contributed by atoms with Crippen LogP contribution in [0.4, 0.5) is 10.5 Å². The molecule has 1 aromatic heterocycles. The van der Waals surface area contributed by atoms with E-state index in [0.717, 1.165) is 63.6 Å². The molecule has 3 heterocycles. The van der Waals surface area contributed by atoms with Crippen LogP contribution < -0.4 is 14.9 Å². The van der Waals surface area contributed by atoms with E-state index < -0.39 is 22.2 Å². The number of hydrogen-bond acceptors (Lipinski definition) is 5. The van der Waals surface area contributed by atoms with Gasteiger partial charge in [0.2, 0.25) is 0 Å². The standard InChI is InChI=1S/C29H35N5O5S/c1-32(2)40(38,39)31-28(35)19-11-12-21-24(17-19)34-16-15-33-14-13-23(30-29(36)37)20-9-6-10-22(26(20)33)27(34)25(21)18-7-4-3-5-8-18/h6,9-12,17-18,23,30H,3-5,7-8,13-16H2,1-2H3,(H,31,35)(H,36,37)/t23-/m1/s1. The van der Waals surface area contributed by atoms with Gasteiger partial charge < -0.3 is 19.9 Å². The summed E-state index contributed by atoms with van der Waals surface area (Å²) >= 11 is 0. The van der Waals surface area contributed by atoms with Gasteiger partial charge in [0.25, 0.3) is 5.91 Å². The summed E-state index contributed by atoms with van der Waals surface area (Å²) < 4.78 is 30.1. The lowest BCUT2D eigenvalue weighted by Crippen LogP contribution is -2.39. The van der Waals surface area contributed by atoms with Crippen LogP contribution in [0.15, 0.2) is 36.4 Å². The number of anilines is 1. The number of amides is 2. The predicted octanol–water partition coefficient (Wildman–Crippen LogP) is 4.42. The van der Waals surface area contributed by atoms with Crippen molar-refractivity contribution < 1.29 is 23.1 Å². The molecular weight excluding hydrogens is 530 g/mol. The van der Waals surface area contributed by atoms with Crippen LogP contribution >= 0.6 is 0 Å². The zero-order valence-corrected chi connectivity index (χ0v) is 23.6. The monoisotopic (exact) mass is 565 g/mol. The lowest BCUT2D eigenvalue weighted by Gasteiger charge is -2.36. The minimum absolute atomic E-state index is 0.272. The van der Waals surface area contributed by atoms with Crippen LogP contribution in [0.3, 0.4) is 0 Å². The van der Waals surface area contributed by atoms with E-state index in [-0.39, 0.29) is 6.04 Å². The lowest BCUT2D eigenvalue weighted by atomic mass is 9.81. The summed E-state index contributed by atoms with van der Waals surface area (Å²) in [7, 11) is -1.17. The maximum absolute atomic E-state index is 13.0. The van der Waals surface area contributed by atoms with Gasteiger partial charge in [-0.05, 0) is 48.4 Å². The Kier molecular flexibility index (Phi) is 6.74. The number of nitrogens with zero attached hydrogens (tertiary/aromatic N) is 3. The number of rotatable bonds is 5. The van der Waals surface area contributed by atoms with Crippen LogP contribution in [-0.4, -0.2) is 61.6 Å². The maximum Gasteiger partial charge on any atom is 0.405 e. The van der Waals surface area contributed by atoms with Crippen LogP contribution in [0.1, 0.15) is 72.0 Å². The quantitative estimate of drug-likeness (QED) is 0.421. The minimum Gasteiger partial charge on any atom is -0.465 e. The number of nitrogens with one attached hydrogen (secondary N) is 2. The van der Waals surface area contributed by atoms with Crippen molar-refractivity contribution in [2.45, 2.75) is 57.0 Å². The fraction of sp³-hybridized carbons (Fsp3) is 0.448. The highest BCUT2D eigenvalue weighted by Gasteiger charge is 2.35. The third-order valence-corrected chi connectivity index (χ3v) is 10.1. The summed E-state index contributed by atoms with van der Waals surface area (Å²) in [5, 5.41) is 13.3. The second-order valence-electron chi connectivity index (χ2n) is 11.2. The summed E-state index contributed by atoms with van der Waals surface area (Å²) in [4.78, 5) is 27.0. The topological polar surface area (TPSA) is 124 Å². The second kappa shape index (κ2) is 10.1. The fourth-order valence-electron chi connectivity index (χ4n) is 6.79. The summed E-state index contributed by atoms with van der Waals surface area (Å²) in [6.07, 6.45) is 5.43. The van der Waals surface area contributed by atoms with Gasteiger partial charge in [-0.3, -0.25) is 4.79 Å². The Labute approximate surface area is 234 Å². The number of carbonyl (C=O) groups is 2. The molecule has 0 unspecified atom stereocenters. The van der Waals surface area contributed by atoms with Crippen molar-refractivity contribution in [2.75, 3.05) is 32.1 Å². The smallest absolute Gasteiger partial charge is 0.405 e. The Morgan fingerprint density at radius 3 is 2.50 bits per heavy atom. The third kappa shape index (κ3) is 4.50. The fourth-order valence-corrected chi connectivity index (χ4v) is 7.33. The van der Waals surface area contributed by atoms with Crippen LogP contribution in [0.2, 0.25) is 0 Å². The highest BCUT2D eigenvalue weighted by molar-refractivity contribution is 7.87. The van der Waals surface area contributed by atoms with E-state index in [1.807, 2.05) is 24.3 Å². The van der Waals surface area contributed by atoms with Crippen molar-refractivity contribution in [3.05, 3.63) is 53.1 Å². The van der Waals surface area contributed by atoms with Gasteiger partial charge in [-0.1, -0.05) is 43.5 Å². The highest BCUT2D eigenvalue weighted by Crippen LogP contribution is 2.50. The van der Waals surface area contributed by atoms with E-state index in [9.17, 15) is 23.1 Å². The molecular formula is C29H35N5O5S. The van der Waals surface area contributed by atoms with Crippen molar-refractivity contribution in [1.29, 1.82) is 0 Å². The van der Waals surface area contributed by atoms with Crippen molar-refractivity contribution in [2.24, 2.45) is 0 Å². The molecule has 3 aromatic rings. The first kappa shape index (κ1) is 26.6. The second-order valence-corrected chi connectivity index (χ2v) is 13.1. The Bertz CT molecular complexity index is 1610. The molecule has 0 saturated heterocycles. The number of carbonyl (C=O) groups excluding carboxylic acids is 1. The van der Waals surface area contributed by atoms with Crippen molar-refractivity contribution in [3.8, 4) is 11.3 Å². The summed E-state index contributed by atoms with van der Waals surface area (Å²) in [5.41, 5.74) is 6.79.